The third-order valence-corrected chi connectivity index (χ3v) is 3.15. The van der Waals surface area contributed by atoms with Crippen molar-refractivity contribution < 1.29 is 4.79 Å². The van der Waals surface area contributed by atoms with Gasteiger partial charge in [-0.25, -0.2) is 4.68 Å². The maximum Gasteiger partial charge on any atom is 0.162 e. The predicted octanol–water partition coefficient (Wildman–Crippen LogP) is 3.28. The lowest BCUT2D eigenvalue weighted by molar-refractivity contribution is 0.101. The van der Waals surface area contributed by atoms with E-state index in [1.807, 2.05) is 18.2 Å². The molecule has 0 radical (unpaired) electrons. The number of ketones is 1. The van der Waals surface area contributed by atoms with Gasteiger partial charge in [0.1, 0.15) is 0 Å². The van der Waals surface area contributed by atoms with Gasteiger partial charge in [0, 0.05) is 22.8 Å². The molecule has 19 heavy (non-hydrogen) atoms. The highest BCUT2D eigenvalue weighted by molar-refractivity contribution is 6.31. The van der Waals surface area contributed by atoms with Crippen LogP contribution < -0.4 is 0 Å². The Morgan fingerprint density at radius 2 is 2.16 bits per heavy atom. The molecule has 0 amide bonds. The standard InChI is InChI=1S/C14H10ClN3O/c1-9(19)10-7-17-18(8-10)14-4-5-16-13-6-11(15)2-3-12(13)14/h2-8H,1H3. The van der Waals surface area contributed by atoms with E-state index < -0.39 is 0 Å². The summed E-state index contributed by atoms with van der Waals surface area (Å²) in [4.78, 5) is 15.6. The Balaban J connectivity index is 2.21. The number of aromatic nitrogens is 3. The zero-order valence-corrected chi connectivity index (χ0v) is 10.9. The zero-order chi connectivity index (χ0) is 13.4. The predicted molar refractivity (Wildman–Crippen MR) is 73.9 cm³/mol. The van der Waals surface area contributed by atoms with Gasteiger partial charge in [0.05, 0.1) is 23.0 Å². The molecule has 0 aliphatic heterocycles. The second-order valence-electron chi connectivity index (χ2n) is 4.22. The molecule has 0 N–H and O–H groups in total. The smallest absolute Gasteiger partial charge is 0.162 e. The zero-order valence-electron chi connectivity index (χ0n) is 10.2. The lowest BCUT2D eigenvalue weighted by Gasteiger charge is -2.05. The molecule has 2 heterocycles. The molecule has 5 heteroatoms. The third-order valence-electron chi connectivity index (χ3n) is 2.92. The van der Waals surface area contributed by atoms with Crippen LogP contribution >= 0.6 is 11.6 Å². The van der Waals surface area contributed by atoms with Crippen LogP contribution in [-0.4, -0.2) is 20.5 Å². The van der Waals surface area contributed by atoms with Crippen LogP contribution in [0.3, 0.4) is 0 Å². The van der Waals surface area contributed by atoms with Gasteiger partial charge in [-0.15, -0.1) is 0 Å². The molecular weight excluding hydrogens is 262 g/mol. The highest BCUT2D eigenvalue weighted by Gasteiger charge is 2.08. The van der Waals surface area contributed by atoms with Gasteiger partial charge in [-0.1, -0.05) is 11.6 Å². The second kappa shape index (κ2) is 4.48. The number of carbonyl (C=O) groups is 1. The molecule has 0 spiro atoms. The van der Waals surface area contributed by atoms with Crippen molar-refractivity contribution in [3.63, 3.8) is 0 Å². The number of hydrogen-bond donors (Lipinski definition) is 0. The quantitative estimate of drug-likeness (QED) is 0.672. The first-order chi connectivity index (χ1) is 9.15. The van der Waals surface area contributed by atoms with Gasteiger partial charge in [-0.2, -0.15) is 5.10 Å². The molecule has 0 fully saturated rings. The van der Waals surface area contributed by atoms with E-state index in [0.717, 1.165) is 16.6 Å². The minimum atomic E-state index is -0.00680. The van der Waals surface area contributed by atoms with E-state index in [1.165, 1.54) is 6.92 Å². The Hall–Kier alpha value is -2.20. The molecule has 0 saturated carbocycles. The van der Waals surface area contributed by atoms with Crippen molar-refractivity contribution in [1.82, 2.24) is 14.8 Å². The topological polar surface area (TPSA) is 47.8 Å². The molecule has 1 aromatic carbocycles. The van der Waals surface area contributed by atoms with Crippen LogP contribution in [0.1, 0.15) is 17.3 Å². The fraction of sp³-hybridized carbons (Fsp3) is 0.0714. The van der Waals surface area contributed by atoms with Crippen LogP contribution in [0.5, 0.6) is 0 Å². The van der Waals surface area contributed by atoms with E-state index in [9.17, 15) is 4.79 Å². The van der Waals surface area contributed by atoms with E-state index in [0.29, 0.717) is 10.6 Å². The molecular formula is C14H10ClN3O. The minimum absolute atomic E-state index is 0.00680. The highest BCUT2D eigenvalue weighted by Crippen LogP contribution is 2.23. The first kappa shape index (κ1) is 11.9. The number of carbonyl (C=O) groups excluding carboxylic acids is 1. The second-order valence-corrected chi connectivity index (χ2v) is 4.66. The van der Waals surface area contributed by atoms with Gasteiger partial charge in [0.15, 0.2) is 5.78 Å². The molecule has 0 unspecified atom stereocenters. The molecule has 94 valence electrons. The summed E-state index contributed by atoms with van der Waals surface area (Å²) in [5.74, 6) is -0.00680. The van der Waals surface area contributed by atoms with Gasteiger partial charge in [0.2, 0.25) is 0 Å². The van der Waals surface area contributed by atoms with E-state index >= 15 is 0 Å². The lowest BCUT2D eigenvalue weighted by atomic mass is 10.2. The number of rotatable bonds is 2. The van der Waals surface area contributed by atoms with Crippen LogP contribution in [0.4, 0.5) is 0 Å². The van der Waals surface area contributed by atoms with Crippen LogP contribution in [0, 0.1) is 0 Å². The summed E-state index contributed by atoms with van der Waals surface area (Å²) in [5.41, 5.74) is 2.25. The number of pyridine rings is 1. The Morgan fingerprint density at radius 3 is 2.89 bits per heavy atom. The summed E-state index contributed by atoms with van der Waals surface area (Å²) < 4.78 is 1.68. The van der Waals surface area contributed by atoms with E-state index in [-0.39, 0.29) is 5.78 Å². The Labute approximate surface area is 114 Å². The average Bonchev–Trinajstić information content (AvgIpc) is 2.87. The Kier molecular flexibility index (Phi) is 2.80. The van der Waals surface area contributed by atoms with E-state index in [2.05, 4.69) is 10.1 Å². The maximum absolute atomic E-state index is 11.3. The Morgan fingerprint density at radius 1 is 1.32 bits per heavy atom. The van der Waals surface area contributed by atoms with Crippen molar-refractivity contribution in [1.29, 1.82) is 0 Å². The highest BCUT2D eigenvalue weighted by atomic mass is 35.5. The molecule has 0 aliphatic rings. The van der Waals surface area contributed by atoms with Crippen molar-refractivity contribution in [2.45, 2.75) is 6.92 Å². The monoisotopic (exact) mass is 271 g/mol. The van der Waals surface area contributed by atoms with Crippen molar-refractivity contribution in [3.8, 4) is 5.69 Å². The Bertz CT molecular complexity index is 779. The summed E-state index contributed by atoms with van der Waals surface area (Å²) in [7, 11) is 0. The van der Waals surface area contributed by atoms with Crippen LogP contribution in [0.15, 0.2) is 42.9 Å². The van der Waals surface area contributed by atoms with Gasteiger partial charge in [-0.05, 0) is 31.2 Å². The fourth-order valence-electron chi connectivity index (χ4n) is 1.94. The van der Waals surface area contributed by atoms with Gasteiger partial charge in [0.25, 0.3) is 0 Å². The first-order valence-electron chi connectivity index (χ1n) is 5.75. The normalized spacial score (nSPS) is 10.8. The van der Waals surface area contributed by atoms with Crippen LogP contribution in [0.25, 0.3) is 16.6 Å². The number of nitrogens with zero attached hydrogens (tertiary/aromatic N) is 3. The lowest BCUT2D eigenvalue weighted by Crippen LogP contribution is -1.96. The summed E-state index contributed by atoms with van der Waals surface area (Å²) in [6, 6.07) is 7.36. The summed E-state index contributed by atoms with van der Waals surface area (Å²) in [6.45, 7) is 1.52. The van der Waals surface area contributed by atoms with Gasteiger partial charge >= 0.3 is 0 Å². The molecule has 0 atom stereocenters. The number of halogens is 1. The fourth-order valence-corrected chi connectivity index (χ4v) is 2.11. The third kappa shape index (κ3) is 2.11. The average molecular weight is 272 g/mol. The van der Waals surface area contributed by atoms with E-state index in [4.69, 9.17) is 11.6 Å². The molecule has 3 aromatic rings. The van der Waals surface area contributed by atoms with Gasteiger partial charge < -0.3 is 0 Å². The molecule has 4 nitrogen and oxygen atoms in total. The van der Waals surface area contributed by atoms with Crippen LogP contribution in [0.2, 0.25) is 5.02 Å². The number of Topliss-reactive ketones (excluding diaryl/α,β-unsaturated/α-hetero) is 1. The van der Waals surface area contributed by atoms with Gasteiger partial charge in [-0.3, -0.25) is 9.78 Å². The minimum Gasteiger partial charge on any atom is -0.294 e. The summed E-state index contributed by atoms with van der Waals surface area (Å²) >= 11 is 5.96. The number of hydrogen-bond acceptors (Lipinski definition) is 3. The van der Waals surface area contributed by atoms with Crippen molar-refractivity contribution in [2.24, 2.45) is 0 Å². The number of benzene rings is 1. The molecule has 3 rings (SSSR count). The van der Waals surface area contributed by atoms with Crippen molar-refractivity contribution in [2.75, 3.05) is 0 Å². The maximum atomic E-state index is 11.3. The molecule has 2 aromatic heterocycles. The van der Waals surface area contributed by atoms with Crippen molar-refractivity contribution in [3.05, 3.63) is 53.4 Å². The van der Waals surface area contributed by atoms with Crippen LogP contribution in [-0.2, 0) is 0 Å². The van der Waals surface area contributed by atoms with Crippen molar-refractivity contribution >= 4 is 28.3 Å². The van der Waals surface area contributed by atoms with E-state index in [1.54, 1.807) is 29.3 Å². The molecule has 0 bridgehead atoms. The summed E-state index contributed by atoms with van der Waals surface area (Å²) in [5, 5.41) is 5.79. The largest absolute Gasteiger partial charge is 0.294 e. The summed E-state index contributed by atoms with van der Waals surface area (Å²) in [6.07, 6.45) is 4.97. The first-order valence-corrected chi connectivity index (χ1v) is 6.13. The SMILES string of the molecule is CC(=O)c1cnn(-c2ccnc3cc(Cl)ccc23)c1. The molecule has 0 saturated heterocycles. The molecule has 0 aliphatic carbocycles. The number of fused-ring (bicyclic) bond motifs is 1.